The quantitative estimate of drug-likeness (QED) is 0.800. The fraction of sp³-hybridized carbons (Fsp3) is 0.652. The number of carbonyl (C=O) groups is 2. The predicted molar refractivity (Wildman–Crippen MR) is 111 cm³/mol. The molecular formula is C23H32FN3O3. The van der Waals surface area contributed by atoms with E-state index in [-0.39, 0.29) is 18.1 Å². The van der Waals surface area contributed by atoms with Gasteiger partial charge in [0.1, 0.15) is 17.6 Å². The van der Waals surface area contributed by atoms with Gasteiger partial charge in [0.05, 0.1) is 12.2 Å². The maximum atomic E-state index is 14.4. The van der Waals surface area contributed by atoms with Crippen molar-refractivity contribution < 1.29 is 18.7 Å². The van der Waals surface area contributed by atoms with Gasteiger partial charge in [-0.3, -0.25) is 14.5 Å². The second-order valence-electron chi connectivity index (χ2n) is 8.95. The summed E-state index contributed by atoms with van der Waals surface area (Å²) in [5.74, 6) is -0.686. The third-order valence-corrected chi connectivity index (χ3v) is 6.87. The van der Waals surface area contributed by atoms with E-state index >= 15 is 0 Å². The molecule has 1 aromatic carbocycles. The van der Waals surface area contributed by atoms with Gasteiger partial charge in [-0.05, 0) is 69.7 Å². The molecule has 7 heteroatoms. The van der Waals surface area contributed by atoms with Crippen molar-refractivity contribution in [2.45, 2.75) is 57.2 Å². The van der Waals surface area contributed by atoms with Crippen molar-refractivity contribution in [2.75, 3.05) is 32.8 Å². The third-order valence-electron chi connectivity index (χ3n) is 6.87. The second-order valence-corrected chi connectivity index (χ2v) is 8.95. The number of nitrogens with zero attached hydrogens (tertiary/aromatic N) is 2. The zero-order chi connectivity index (χ0) is 21.1. The van der Waals surface area contributed by atoms with Crippen molar-refractivity contribution in [1.29, 1.82) is 0 Å². The van der Waals surface area contributed by atoms with E-state index in [0.29, 0.717) is 25.3 Å². The molecule has 1 spiro atoms. The van der Waals surface area contributed by atoms with Gasteiger partial charge in [0.15, 0.2) is 0 Å². The molecule has 0 unspecified atom stereocenters. The molecule has 6 nitrogen and oxygen atoms in total. The summed E-state index contributed by atoms with van der Waals surface area (Å²) in [5.41, 5.74) is -0.820. The Bertz CT molecular complexity index is 773. The highest BCUT2D eigenvalue weighted by Gasteiger charge is 2.53. The van der Waals surface area contributed by atoms with Crippen molar-refractivity contribution in [3.63, 3.8) is 0 Å². The average Bonchev–Trinajstić information content (AvgIpc) is 3.38. The molecule has 30 heavy (non-hydrogen) atoms. The molecule has 0 aromatic heterocycles. The van der Waals surface area contributed by atoms with E-state index in [4.69, 9.17) is 4.74 Å². The van der Waals surface area contributed by atoms with Gasteiger partial charge >= 0.3 is 0 Å². The zero-order valence-corrected chi connectivity index (χ0v) is 17.7. The topological polar surface area (TPSA) is 61.9 Å². The molecule has 1 saturated carbocycles. The Balaban J connectivity index is 1.52. The van der Waals surface area contributed by atoms with Crippen LogP contribution >= 0.6 is 0 Å². The van der Waals surface area contributed by atoms with Crippen molar-refractivity contribution in [3.8, 4) is 0 Å². The van der Waals surface area contributed by atoms with Crippen molar-refractivity contribution >= 4 is 11.8 Å². The molecule has 3 fully saturated rings. The lowest BCUT2D eigenvalue weighted by atomic mass is 9.83. The van der Waals surface area contributed by atoms with Crippen LogP contribution in [0.4, 0.5) is 4.39 Å². The Morgan fingerprint density at radius 3 is 2.60 bits per heavy atom. The molecule has 1 N–H and O–H groups in total. The van der Waals surface area contributed by atoms with E-state index in [1.165, 1.54) is 25.0 Å². The highest BCUT2D eigenvalue weighted by atomic mass is 19.1. The summed E-state index contributed by atoms with van der Waals surface area (Å²) in [5, 5.41) is 2.98. The minimum Gasteiger partial charge on any atom is -0.353 e. The first kappa shape index (κ1) is 21.2. The van der Waals surface area contributed by atoms with Crippen LogP contribution < -0.4 is 5.32 Å². The Morgan fingerprint density at radius 2 is 1.90 bits per heavy atom. The monoisotopic (exact) mass is 417 g/mol. The molecule has 2 saturated heterocycles. The van der Waals surface area contributed by atoms with E-state index in [1.54, 1.807) is 17.0 Å². The maximum Gasteiger partial charge on any atom is 0.259 e. The molecular weight excluding hydrogens is 385 g/mol. The molecule has 1 aliphatic carbocycles. The lowest BCUT2D eigenvalue weighted by molar-refractivity contribution is -0.127. The molecule has 0 bridgehead atoms. The van der Waals surface area contributed by atoms with Crippen molar-refractivity contribution in [3.05, 3.63) is 35.6 Å². The summed E-state index contributed by atoms with van der Waals surface area (Å²) in [6.07, 6.45) is 5.60. The first-order chi connectivity index (χ1) is 14.5. The summed E-state index contributed by atoms with van der Waals surface area (Å²) in [6, 6.07) is 5.24. The van der Waals surface area contributed by atoms with E-state index in [2.05, 4.69) is 17.1 Å². The predicted octanol–water partition coefficient (Wildman–Crippen LogP) is 2.79. The van der Waals surface area contributed by atoms with Crippen LogP contribution in [0.3, 0.4) is 0 Å². The van der Waals surface area contributed by atoms with E-state index in [9.17, 15) is 14.0 Å². The van der Waals surface area contributed by atoms with Gasteiger partial charge < -0.3 is 15.0 Å². The van der Waals surface area contributed by atoms with E-state index in [0.717, 1.165) is 32.5 Å². The number of benzene rings is 1. The number of carbonyl (C=O) groups excluding carboxylic acids is 2. The molecule has 4 rings (SSSR count). The van der Waals surface area contributed by atoms with Crippen LogP contribution in [0.15, 0.2) is 24.3 Å². The number of hydrogen-bond donors (Lipinski definition) is 1. The van der Waals surface area contributed by atoms with Gasteiger partial charge in [-0.25, -0.2) is 4.39 Å². The van der Waals surface area contributed by atoms with Gasteiger partial charge in [0, 0.05) is 13.1 Å². The van der Waals surface area contributed by atoms with Gasteiger partial charge in [-0.1, -0.05) is 19.1 Å². The van der Waals surface area contributed by atoms with Crippen LogP contribution in [-0.2, 0) is 9.53 Å². The number of likely N-dealkylation sites (tertiary alicyclic amines) is 1. The largest absolute Gasteiger partial charge is 0.353 e. The van der Waals surface area contributed by atoms with Crippen LogP contribution in [0, 0.1) is 11.7 Å². The maximum absolute atomic E-state index is 14.4. The third kappa shape index (κ3) is 4.23. The normalized spacial score (nSPS) is 29.5. The van der Waals surface area contributed by atoms with Gasteiger partial charge in [0.25, 0.3) is 5.91 Å². The van der Waals surface area contributed by atoms with Crippen LogP contribution in [0.1, 0.15) is 55.8 Å². The first-order valence-corrected chi connectivity index (χ1v) is 11.2. The number of halogens is 1. The minimum atomic E-state index is -0.817. The van der Waals surface area contributed by atoms with Gasteiger partial charge in [0.2, 0.25) is 5.91 Å². The highest BCUT2D eigenvalue weighted by molar-refractivity contribution is 5.98. The molecule has 1 aromatic rings. The molecule has 2 amide bonds. The lowest BCUT2D eigenvalue weighted by Gasteiger charge is -2.43. The smallest absolute Gasteiger partial charge is 0.259 e. The van der Waals surface area contributed by atoms with Gasteiger partial charge in [-0.2, -0.15) is 0 Å². The zero-order valence-electron chi connectivity index (χ0n) is 17.7. The van der Waals surface area contributed by atoms with E-state index in [1.807, 2.05) is 0 Å². The lowest BCUT2D eigenvalue weighted by Crippen LogP contribution is -2.57. The Hall–Kier alpha value is -1.99. The molecule has 0 radical (unpaired) electrons. The van der Waals surface area contributed by atoms with Crippen LogP contribution in [0.5, 0.6) is 0 Å². The van der Waals surface area contributed by atoms with E-state index < -0.39 is 23.5 Å². The van der Waals surface area contributed by atoms with Crippen molar-refractivity contribution in [1.82, 2.24) is 15.1 Å². The number of nitrogens with one attached hydrogen (secondary N) is 1. The Morgan fingerprint density at radius 1 is 1.20 bits per heavy atom. The number of ether oxygens (including phenoxy) is 1. The van der Waals surface area contributed by atoms with Crippen LogP contribution in [0.25, 0.3) is 0 Å². The summed E-state index contributed by atoms with van der Waals surface area (Å²) < 4.78 is 20.6. The molecule has 1 atom stereocenters. The summed E-state index contributed by atoms with van der Waals surface area (Å²) >= 11 is 0. The van der Waals surface area contributed by atoms with Crippen LogP contribution in [-0.4, -0.2) is 66.2 Å². The minimum absolute atomic E-state index is 0.00383. The number of rotatable bonds is 5. The number of hydrogen-bond acceptors (Lipinski definition) is 4. The average molecular weight is 418 g/mol. The Labute approximate surface area is 177 Å². The SMILES string of the molecule is CC1CCC2(CC1)OC[C@H](C(=O)NCCN1CCCC1)N2C(=O)c1ccccc1F. The fourth-order valence-corrected chi connectivity index (χ4v) is 5.01. The summed E-state index contributed by atoms with van der Waals surface area (Å²) in [7, 11) is 0. The van der Waals surface area contributed by atoms with Crippen molar-refractivity contribution in [2.24, 2.45) is 5.92 Å². The summed E-state index contributed by atoms with van der Waals surface area (Å²) in [6.45, 7) is 5.84. The van der Waals surface area contributed by atoms with Crippen LogP contribution in [0.2, 0.25) is 0 Å². The van der Waals surface area contributed by atoms with Gasteiger partial charge in [-0.15, -0.1) is 0 Å². The summed E-state index contributed by atoms with van der Waals surface area (Å²) in [4.78, 5) is 30.4. The molecule has 2 aliphatic heterocycles. The number of amides is 2. The molecule has 164 valence electrons. The molecule has 2 heterocycles. The highest BCUT2D eigenvalue weighted by Crippen LogP contribution is 2.43. The Kier molecular flexibility index (Phi) is 6.39. The fourth-order valence-electron chi connectivity index (χ4n) is 5.01. The molecule has 3 aliphatic rings. The second kappa shape index (κ2) is 9.02. The standard InChI is InChI=1S/C23H32FN3O3/c1-17-8-10-23(11-9-17)27(22(29)18-6-2-3-7-19(18)24)20(16-30-23)21(28)25-12-15-26-13-4-5-14-26/h2-3,6-7,17,20H,4-5,8-16H2,1H3,(H,25,28)/t17?,20-,23?/m1/s1. The first-order valence-electron chi connectivity index (χ1n) is 11.2.